The first kappa shape index (κ1) is 16.6. The monoisotopic (exact) mass is 351 g/mol. The van der Waals surface area contributed by atoms with Gasteiger partial charge in [0.25, 0.3) is 0 Å². The lowest BCUT2D eigenvalue weighted by atomic mass is 10.00. The fourth-order valence-electron chi connectivity index (χ4n) is 3.40. The summed E-state index contributed by atoms with van der Waals surface area (Å²) in [5.74, 6) is 0.697. The van der Waals surface area contributed by atoms with Crippen molar-refractivity contribution in [3.8, 4) is 16.9 Å². The van der Waals surface area contributed by atoms with E-state index in [1.54, 1.807) is 4.90 Å². The predicted octanol–water partition coefficient (Wildman–Crippen LogP) is 2.59. The molecular formula is C20H21N3O3. The van der Waals surface area contributed by atoms with Crippen molar-refractivity contribution in [2.45, 2.75) is 19.9 Å². The third-order valence-corrected chi connectivity index (χ3v) is 4.79. The van der Waals surface area contributed by atoms with E-state index in [0.717, 1.165) is 46.8 Å². The van der Waals surface area contributed by atoms with E-state index in [2.05, 4.69) is 34.9 Å². The summed E-state index contributed by atoms with van der Waals surface area (Å²) in [5, 5.41) is 5.70. The number of imide groups is 1. The maximum atomic E-state index is 12.1. The van der Waals surface area contributed by atoms with E-state index in [1.807, 2.05) is 19.1 Å². The summed E-state index contributed by atoms with van der Waals surface area (Å²) in [5.41, 5.74) is 5.13. The molecule has 2 aliphatic heterocycles. The summed E-state index contributed by atoms with van der Waals surface area (Å²) < 4.78 is 5.83. The highest BCUT2D eigenvalue weighted by Gasteiger charge is 2.25. The Morgan fingerprint density at radius 1 is 1.08 bits per heavy atom. The lowest BCUT2D eigenvalue weighted by Crippen LogP contribution is -2.49. The minimum Gasteiger partial charge on any atom is -0.492 e. The van der Waals surface area contributed by atoms with Gasteiger partial charge in [-0.15, -0.1) is 0 Å². The fraction of sp³-hybridized carbons (Fsp3) is 0.300. The first-order valence-corrected chi connectivity index (χ1v) is 8.80. The SMILES string of the molecule is Cc1cc(-c2ccc3c(c2)OCCNC3)ccc1N1CCC(=O)NC1=O. The van der Waals surface area contributed by atoms with E-state index in [-0.39, 0.29) is 11.9 Å². The van der Waals surface area contributed by atoms with Crippen molar-refractivity contribution in [2.75, 3.05) is 24.6 Å². The average molecular weight is 351 g/mol. The number of aryl methyl sites for hydroxylation is 1. The summed E-state index contributed by atoms with van der Waals surface area (Å²) >= 11 is 0. The van der Waals surface area contributed by atoms with Crippen LogP contribution in [0.1, 0.15) is 17.5 Å². The van der Waals surface area contributed by atoms with Gasteiger partial charge in [-0.2, -0.15) is 0 Å². The highest BCUT2D eigenvalue weighted by molar-refractivity contribution is 6.06. The Hall–Kier alpha value is -2.86. The van der Waals surface area contributed by atoms with Crippen molar-refractivity contribution in [3.05, 3.63) is 47.5 Å². The van der Waals surface area contributed by atoms with E-state index >= 15 is 0 Å². The zero-order chi connectivity index (χ0) is 18.1. The number of amides is 3. The highest BCUT2D eigenvalue weighted by atomic mass is 16.5. The van der Waals surface area contributed by atoms with Crippen LogP contribution in [0.3, 0.4) is 0 Å². The molecule has 0 aromatic heterocycles. The zero-order valence-corrected chi connectivity index (χ0v) is 14.7. The average Bonchev–Trinajstić information content (AvgIpc) is 2.87. The van der Waals surface area contributed by atoms with Gasteiger partial charge < -0.3 is 10.1 Å². The fourth-order valence-corrected chi connectivity index (χ4v) is 3.40. The quantitative estimate of drug-likeness (QED) is 0.872. The van der Waals surface area contributed by atoms with Crippen molar-refractivity contribution in [3.63, 3.8) is 0 Å². The number of urea groups is 1. The molecule has 2 N–H and O–H groups in total. The van der Waals surface area contributed by atoms with Crippen molar-refractivity contribution < 1.29 is 14.3 Å². The number of carbonyl (C=O) groups excluding carboxylic acids is 2. The molecular weight excluding hydrogens is 330 g/mol. The molecule has 0 unspecified atom stereocenters. The van der Waals surface area contributed by atoms with Crippen molar-refractivity contribution >= 4 is 17.6 Å². The van der Waals surface area contributed by atoms with Gasteiger partial charge in [-0.1, -0.05) is 18.2 Å². The third kappa shape index (κ3) is 3.15. The summed E-state index contributed by atoms with van der Waals surface area (Å²) in [6.07, 6.45) is 0.323. The van der Waals surface area contributed by atoms with Crippen LogP contribution in [0, 0.1) is 6.92 Å². The lowest BCUT2D eigenvalue weighted by molar-refractivity contribution is -0.120. The lowest BCUT2D eigenvalue weighted by Gasteiger charge is -2.28. The van der Waals surface area contributed by atoms with Gasteiger partial charge in [-0.3, -0.25) is 15.0 Å². The number of benzene rings is 2. The van der Waals surface area contributed by atoms with Crippen molar-refractivity contribution in [1.82, 2.24) is 10.6 Å². The Balaban J connectivity index is 1.63. The topological polar surface area (TPSA) is 70.7 Å². The summed E-state index contributed by atoms with van der Waals surface area (Å²) in [6, 6.07) is 11.9. The molecule has 1 fully saturated rings. The van der Waals surface area contributed by atoms with Crippen LogP contribution in [0.5, 0.6) is 5.75 Å². The largest absolute Gasteiger partial charge is 0.492 e. The number of ether oxygens (including phenoxy) is 1. The molecule has 2 aromatic carbocycles. The Labute approximate surface area is 152 Å². The summed E-state index contributed by atoms with van der Waals surface area (Å²) in [7, 11) is 0. The Morgan fingerprint density at radius 3 is 2.69 bits per heavy atom. The van der Waals surface area contributed by atoms with Crippen molar-refractivity contribution in [1.29, 1.82) is 0 Å². The number of nitrogens with one attached hydrogen (secondary N) is 2. The second-order valence-electron chi connectivity index (χ2n) is 6.60. The maximum Gasteiger partial charge on any atom is 0.328 e. The van der Waals surface area contributed by atoms with Gasteiger partial charge in [0.05, 0.1) is 0 Å². The Kier molecular flexibility index (Phi) is 4.34. The van der Waals surface area contributed by atoms with Gasteiger partial charge in [0.15, 0.2) is 0 Å². The van der Waals surface area contributed by atoms with Crippen LogP contribution in [0.25, 0.3) is 11.1 Å². The van der Waals surface area contributed by atoms with Crippen LogP contribution in [-0.2, 0) is 11.3 Å². The van der Waals surface area contributed by atoms with E-state index in [1.165, 1.54) is 0 Å². The Bertz CT molecular complexity index is 879. The first-order valence-electron chi connectivity index (χ1n) is 8.80. The molecule has 2 heterocycles. The number of fused-ring (bicyclic) bond motifs is 1. The minimum absolute atomic E-state index is 0.222. The third-order valence-electron chi connectivity index (χ3n) is 4.79. The molecule has 0 bridgehead atoms. The van der Waals surface area contributed by atoms with Gasteiger partial charge in [0.2, 0.25) is 5.91 Å². The summed E-state index contributed by atoms with van der Waals surface area (Å²) in [6.45, 7) is 4.71. The molecule has 0 atom stereocenters. The number of rotatable bonds is 2. The minimum atomic E-state index is -0.358. The van der Waals surface area contributed by atoms with Crippen LogP contribution < -0.4 is 20.3 Å². The van der Waals surface area contributed by atoms with Crippen LogP contribution in [0.15, 0.2) is 36.4 Å². The number of carbonyl (C=O) groups is 2. The van der Waals surface area contributed by atoms with Crippen LogP contribution in [0.4, 0.5) is 10.5 Å². The molecule has 2 aromatic rings. The van der Waals surface area contributed by atoms with Crippen LogP contribution >= 0.6 is 0 Å². The number of nitrogens with zero attached hydrogens (tertiary/aromatic N) is 1. The number of hydrogen-bond donors (Lipinski definition) is 2. The molecule has 0 spiro atoms. The van der Waals surface area contributed by atoms with Gasteiger partial charge in [0, 0.05) is 37.3 Å². The highest BCUT2D eigenvalue weighted by Crippen LogP contribution is 2.32. The second-order valence-corrected chi connectivity index (χ2v) is 6.60. The van der Waals surface area contributed by atoms with Crippen LogP contribution in [-0.4, -0.2) is 31.6 Å². The molecule has 6 nitrogen and oxygen atoms in total. The molecule has 6 heteroatoms. The molecule has 3 amide bonds. The molecule has 1 saturated heterocycles. The predicted molar refractivity (Wildman–Crippen MR) is 99.3 cm³/mol. The molecule has 0 saturated carbocycles. The second kappa shape index (κ2) is 6.80. The van der Waals surface area contributed by atoms with E-state index in [9.17, 15) is 9.59 Å². The smallest absolute Gasteiger partial charge is 0.328 e. The maximum absolute atomic E-state index is 12.1. The van der Waals surface area contributed by atoms with Gasteiger partial charge in [0.1, 0.15) is 12.4 Å². The number of hydrogen-bond acceptors (Lipinski definition) is 4. The van der Waals surface area contributed by atoms with Gasteiger partial charge in [-0.25, -0.2) is 4.79 Å². The molecule has 0 aliphatic carbocycles. The van der Waals surface area contributed by atoms with Gasteiger partial charge >= 0.3 is 6.03 Å². The van der Waals surface area contributed by atoms with Gasteiger partial charge in [-0.05, 0) is 41.8 Å². The zero-order valence-electron chi connectivity index (χ0n) is 14.7. The van der Waals surface area contributed by atoms with E-state index in [0.29, 0.717) is 19.6 Å². The molecule has 0 radical (unpaired) electrons. The molecule has 134 valence electrons. The molecule has 2 aliphatic rings. The van der Waals surface area contributed by atoms with Crippen molar-refractivity contribution in [2.24, 2.45) is 0 Å². The van der Waals surface area contributed by atoms with E-state index in [4.69, 9.17) is 4.74 Å². The van der Waals surface area contributed by atoms with Crippen LogP contribution in [0.2, 0.25) is 0 Å². The number of anilines is 1. The normalized spacial score (nSPS) is 17.2. The molecule has 4 rings (SSSR count). The summed E-state index contributed by atoms with van der Waals surface area (Å²) in [4.78, 5) is 25.0. The first-order chi connectivity index (χ1) is 12.6. The molecule has 26 heavy (non-hydrogen) atoms. The van der Waals surface area contributed by atoms with E-state index < -0.39 is 0 Å². The standard InChI is InChI=1S/C20H21N3O3/c1-13-10-14(4-5-17(13)23-8-6-19(24)22-20(23)25)15-2-3-16-12-21-7-9-26-18(16)11-15/h2-5,10-11,21H,6-9,12H2,1H3,(H,22,24,25). The Morgan fingerprint density at radius 2 is 1.88 bits per heavy atom.